The first kappa shape index (κ1) is 11.7. The molecule has 0 saturated carbocycles. The molecular weight excluding hydrogens is 219 g/mol. The van der Waals surface area contributed by atoms with Gasteiger partial charge in [0.2, 0.25) is 0 Å². The summed E-state index contributed by atoms with van der Waals surface area (Å²) >= 11 is 0. The number of halogens is 5. The van der Waals surface area contributed by atoms with Crippen LogP contribution in [0.5, 0.6) is 5.75 Å². The van der Waals surface area contributed by atoms with Gasteiger partial charge in [0.1, 0.15) is 5.75 Å². The van der Waals surface area contributed by atoms with E-state index in [2.05, 4.69) is 4.74 Å². The second-order valence-corrected chi connectivity index (χ2v) is 2.76. The van der Waals surface area contributed by atoms with Crippen LogP contribution in [0.1, 0.15) is 17.6 Å². The molecule has 0 aliphatic carbocycles. The molecule has 0 fully saturated rings. The van der Waals surface area contributed by atoms with Crippen LogP contribution >= 0.6 is 0 Å². The van der Waals surface area contributed by atoms with Gasteiger partial charge in [-0.15, -0.1) is 0 Å². The summed E-state index contributed by atoms with van der Waals surface area (Å²) in [6, 6.07) is 1.87. The second-order valence-electron chi connectivity index (χ2n) is 2.76. The van der Waals surface area contributed by atoms with Crippen LogP contribution in [-0.4, -0.2) is 7.11 Å². The normalized spacial score (nSPS) is 11.9. The largest absolute Gasteiger partial charge is 0.496 e. The Labute approximate surface area is 82.5 Å². The second kappa shape index (κ2) is 4.04. The molecule has 0 bridgehead atoms. The van der Waals surface area contributed by atoms with Crippen molar-refractivity contribution in [3.63, 3.8) is 0 Å². The fourth-order valence-electron chi connectivity index (χ4n) is 1.07. The minimum atomic E-state index is -4.56. The fraction of sp³-hybridized carbons (Fsp3) is 0.333. The van der Waals surface area contributed by atoms with Crippen molar-refractivity contribution < 1.29 is 26.7 Å². The zero-order chi connectivity index (χ0) is 11.6. The van der Waals surface area contributed by atoms with Gasteiger partial charge >= 0.3 is 6.18 Å². The van der Waals surface area contributed by atoms with E-state index in [0.29, 0.717) is 18.2 Å². The maximum Gasteiger partial charge on any atom is 0.416 e. The minimum Gasteiger partial charge on any atom is -0.496 e. The number of ether oxygens (including phenoxy) is 1. The third-order valence-electron chi connectivity index (χ3n) is 1.80. The first-order chi connectivity index (χ1) is 6.86. The van der Waals surface area contributed by atoms with E-state index in [-0.39, 0.29) is 0 Å². The van der Waals surface area contributed by atoms with Crippen LogP contribution in [0.25, 0.3) is 0 Å². The molecule has 0 amide bonds. The molecule has 1 aromatic carbocycles. The molecule has 84 valence electrons. The highest BCUT2D eigenvalue weighted by molar-refractivity contribution is 5.39. The zero-order valence-electron chi connectivity index (χ0n) is 7.61. The zero-order valence-corrected chi connectivity index (χ0v) is 7.61. The summed E-state index contributed by atoms with van der Waals surface area (Å²) in [6.45, 7) is 0. The number of hydrogen-bond acceptors (Lipinski definition) is 1. The molecule has 0 radical (unpaired) electrons. The predicted molar refractivity (Wildman–Crippen MR) is 43.0 cm³/mol. The average molecular weight is 226 g/mol. The van der Waals surface area contributed by atoms with E-state index in [9.17, 15) is 22.0 Å². The van der Waals surface area contributed by atoms with Crippen LogP contribution in [0.4, 0.5) is 22.0 Å². The van der Waals surface area contributed by atoms with E-state index in [0.717, 1.165) is 7.11 Å². The van der Waals surface area contributed by atoms with Crippen LogP contribution in [0, 0.1) is 0 Å². The first-order valence-corrected chi connectivity index (χ1v) is 3.89. The van der Waals surface area contributed by atoms with E-state index in [1.54, 1.807) is 0 Å². The standard InChI is InChI=1S/C9H7F5O/c1-15-7-4-5(9(12,13)14)2-3-6(7)8(10)11/h2-4,8H,1H3. The van der Waals surface area contributed by atoms with Crippen LogP contribution in [0.15, 0.2) is 18.2 Å². The van der Waals surface area contributed by atoms with Gasteiger partial charge in [-0.25, -0.2) is 8.78 Å². The quantitative estimate of drug-likeness (QED) is 0.699. The van der Waals surface area contributed by atoms with Crippen LogP contribution in [0.2, 0.25) is 0 Å². The van der Waals surface area contributed by atoms with Crippen molar-refractivity contribution in [2.45, 2.75) is 12.6 Å². The van der Waals surface area contributed by atoms with E-state index < -0.39 is 29.5 Å². The molecule has 0 unspecified atom stereocenters. The Morgan fingerprint density at radius 2 is 1.80 bits per heavy atom. The lowest BCUT2D eigenvalue weighted by atomic mass is 10.1. The molecule has 1 rings (SSSR count). The van der Waals surface area contributed by atoms with Gasteiger partial charge in [0.05, 0.1) is 18.2 Å². The fourth-order valence-corrected chi connectivity index (χ4v) is 1.07. The Hall–Kier alpha value is -1.33. The van der Waals surface area contributed by atoms with Gasteiger partial charge in [-0.2, -0.15) is 13.2 Å². The predicted octanol–water partition coefficient (Wildman–Crippen LogP) is 3.65. The highest BCUT2D eigenvalue weighted by Gasteiger charge is 2.31. The van der Waals surface area contributed by atoms with E-state index in [1.165, 1.54) is 0 Å². The van der Waals surface area contributed by atoms with Crippen LogP contribution in [0.3, 0.4) is 0 Å². The lowest BCUT2D eigenvalue weighted by Gasteiger charge is -2.11. The average Bonchev–Trinajstić information content (AvgIpc) is 2.15. The third-order valence-corrected chi connectivity index (χ3v) is 1.80. The SMILES string of the molecule is COc1cc(C(F)(F)F)ccc1C(F)F. The van der Waals surface area contributed by atoms with E-state index in [1.807, 2.05) is 0 Å². The van der Waals surface area contributed by atoms with Gasteiger partial charge in [-0.3, -0.25) is 0 Å². The van der Waals surface area contributed by atoms with Crippen molar-refractivity contribution in [2.75, 3.05) is 7.11 Å². The number of benzene rings is 1. The molecule has 0 aromatic heterocycles. The number of rotatable bonds is 2. The molecule has 0 atom stereocenters. The van der Waals surface area contributed by atoms with Crippen molar-refractivity contribution in [3.05, 3.63) is 29.3 Å². The van der Waals surface area contributed by atoms with Gasteiger partial charge in [0, 0.05) is 0 Å². The van der Waals surface area contributed by atoms with Gasteiger partial charge in [-0.1, -0.05) is 0 Å². The maximum absolute atomic E-state index is 12.3. The third kappa shape index (κ3) is 2.57. The Morgan fingerprint density at radius 3 is 2.20 bits per heavy atom. The Kier molecular flexibility index (Phi) is 3.16. The molecule has 0 aliphatic rings. The van der Waals surface area contributed by atoms with Crippen molar-refractivity contribution in [1.82, 2.24) is 0 Å². The summed E-state index contributed by atoms with van der Waals surface area (Å²) in [6.07, 6.45) is -7.42. The number of alkyl halides is 5. The summed E-state index contributed by atoms with van der Waals surface area (Å²) in [7, 11) is 1.04. The van der Waals surface area contributed by atoms with Crippen molar-refractivity contribution >= 4 is 0 Å². The lowest BCUT2D eigenvalue weighted by molar-refractivity contribution is -0.137. The molecule has 15 heavy (non-hydrogen) atoms. The summed E-state index contributed by atoms with van der Waals surface area (Å²) in [5, 5.41) is 0. The Morgan fingerprint density at radius 1 is 1.20 bits per heavy atom. The van der Waals surface area contributed by atoms with Gasteiger partial charge < -0.3 is 4.74 Å². The highest BCUT2D eigenvalue weighted by Crippen LogP contribution is 2.36. The summed E-state index contributed by atoms with van der Waals surface area (Å²) in [5.74, 6) is -0.458. The summed E-state index contributed by atoms with van der Waals surface area (Å²) in [5.41, 5.74) is -1.56. The molecule has 0 aliphatic heterocycles. The molecule has 0 spiro atoms. The van der Waals surface area contributed by atoms with Gasteiger partial charge in [0.25, 0.3) is 6.43 Å². The Balaban J connectivity index is 3.19. The van der Waals surface area contributed by atoms with E-state index >= 15 is 0 Å². The number of methoxy groups -OCH3 is 1. The maximum atomic E-state index is 12.3. The van der Waals surface area contributed by atoms with Gasteiger partial charge in [0.15, 0.2) is 0 Å². The smallest absolute Gasteiger partial charge is 0.416 e. The van der Waals surface area contributed by atoms with Gasteiger partial charge in [-0.05, 0) is 18.2 Å². The first-order valence-electron chi connectivity index (χ1n) is 3.89. The minimum absolute atomic E-state index is 0.458. The van der Waals surface area contributed by atoms with E-state index in [4.69, 9.17) is 0 Å². The molecule has 0 saturated heterocycles. The topological polar surface area (TPSA) is 9.23 Å². The summed E-state index contributed by atoms with van der Waals surface area (Å²) in [4.78, 5) is 0. The Bertz CT molecular complexity index is 345. The van der Waals surface area contributed by atoms with Crippen molar-refractivity contribution in [3.8, 4) is 5.75 Å². The molecule has 1 aromatic rings. The number of hydrogen-bond donors (Lipinski definition) is 0. The van der Waals surface area contributed by atoms with Crippen molar-refractivity contribution in [1.29, 1.82) is 0 Å². The summed E-state index contributed by atoms with van der Waals surface area (Å²) < 4.78 is 65.6. The van der Waals surface area contributed by atoms with Crippen molar-refractivity contribution in [2.24, 2.45) is 0 Å². The molecule has 0 heterocycles. The monoisotopic (exact) mass is 226 g/mol. The lowest BCUT2D eigenvalue weighted by Crippen LogP contribution is -2.06. The molecule has 0 N–H and O–H groups in total. The van der Waals surface area contributed by atoms with Crippen LogP contribution in [-0.2, 0) is 6.18 Å². The van der Waals surface area contributed by atoms with Crippen LogP contribution < -0.4 is 4.74 Å². The molecule has 6 heteroatoms. The highest BCUT2D eigenvalue weighted by atomic mass is 19.4. The molecule has 1 nitrogen and oxygen atoms in total. The molecular formula is C9H7F5O.